The molecule has 0 bridgehead atoms. The van der Waals surface area contributed by atoms with E-state index in [0.29, 0.717) is 5.92 Å². The lowest BCUT2D eigenvalue weighted by molar-refractivity contribution is -0.141. The van der Waals surface area contributed by atoms with Gasteiger partial charge in [-0.25, -0.2) is 0 Å². The number of carbonyl (C=O) groups is 2. The highest BCUT2D eigenvalue weighted by Gasteiger charge is 2.43. The number of hydrogen-bond acceptors (Lipinski definition) is 3. The van der Waals surface area contributed by atoms with Gasteiger partial charge in [0.25, 0.3) is 0 Å². The highest BCUT2D eigenvalue weighted by molar-refractivity contribution is 5.86. The van der Waals surface area contributed by atoms with Gasteiger partial charge >= 0.3 is 0 Å². The minimum atomic E-state index is -0.260. The van der Waals surface area contributed by atoms with Crippen LogP contribution >= 0.6 is 0 Å². The van der Waals surface area contributed by atoms with Crippen LogP contribution in [0.2, 0.25) is 0 Å². The van der Waals surface area contributed by atoms with E-state index in [1.807, 2.05) is 4.90 Å². The van der Waals surface area contributed by atoms with Crippen molar-refractivity contribution in [2.24, 2.45) is 11.7 Å². The molecule has 0 spiro atoms. The first kappa shape index (κ1) is 14.8. The third kappa shape index (κ3) is 3.07. The van der Waals surface area contributed by atoms with Crippen molar-refractivity contribution in [3.05, 3.63) is 0 Å². The van der Waals surface area contributed by atoms with Crippen molar-refractivity contribution in [3.8, 4) is 0 Å². The van der Waals surface area contributed by atoms with Crippen molar-refractivity contribution < 1.29 is 9.59 Å². The fourth-order valence-corrected chi connectivity index (χ4v) is 4.11. The molecule has 0 radical (unpaired) electrons. The molecule has 5 nitrogen and oxygen atoms in total. The normalized spacial score (nSPS) is 31.1. The minimum Gasteiger partial charge on any atom is -0.368 e. The molecule has 0 aromatic carbocycles. The van der Waals surface area contributed by atoms with Crippen LogP contribution < -0.4 is 5.73 Å². The molecule has 0 aromatic rings. The summed E-state index contributed by atoms with van der Waals surface area (Å²) in [5.41, 5.74) is 5.57. The van der Waals surface area contributed by atoms with Gasteiger partial charge in [-0.15, -0.1) is 0 Å². The Labute approximate surface area is 126 Å². The second-order valence-electron chi connectivity index (χ2n) is 6.89. The van der Waals surface area contributed by atoms with E-state index in [0.717, 1.165) is 38.9 Å². The number of nitrogens with zero attached hydrogens (tertiary/aromatic N) is 2. The Morgan fingerprint density at radius 3 is 2.14 bits per heavy atom. The number of carbonyl (C=O) groups excluding carboxylic acids is 2. The summed E-state index contributed by atoms with van der Waals surface area (Å²) in [5, 5.41) is 0. The van der Waals surface area contributed by atoms with Crippen LogP contribution in [0.1, 0.15) is 51.4 Å². The van der Waals surface area contributed by atoms with E-state index in [4.69, 9.17) is 5.73 Å². The van der Waals surface area contributed by atoms with Crippen LogP contribution in [0.4, 0.5) is 0 Å². The number of hydrogen-bond donors (Lipinski definition) is 1. The molecular formula is C16H27N3O2. The van der Waals surface area contributed by atoms with Crippen LogP contribution in [0.5, 0.6) is 0 Å². The highest BCUT2D eigenvalue weighted by atomic mass is 16.2. The Morgan fingerprint density at radius 2 is 1.57 bits per heavy atom. The smallest absolute Gasteiger partial charge is 0.239 e. The number of primary amides is 1. The van der Waals surface area contributed by atoms with Crippen molar-refractivity contribution in [2.75, 3.05) is 19.6 Å². The molecule has 2 N–H and O–H groups in total. The van der Waals surface area contributed by atoms with Gasteiger partial charge in [0.15, 0.2) is 0 Å². The molecule has 1 saturated carbocycles. The van der Waals surface area contributed by atoms with Crippen molar-refractivity contribution in [2.45, 2.75) is 63.5 Å². The van der Waals surface area contributed by atoms with Gasteiger partial charge in [-0.3, -0.25) is 14.5 Å². The number of likely N-dealkylation sites (tertiary alicyclic amines) is 2. The van der Waals surface area contributed by atoms with Gasteiger partial charge in [-0.05, 0) is 38.0 Å². The quantitative estimate of drug-likeness (QED) is 0.844. The molecule has 5 heteroatoms. The first-order chi connectivity index (χ1) is 10.2. The maximum absolute atomic E-state index is 12.6. The number of amides is 2. The Kier molecular flexibility index (Phi) is 4.48. The van der Waals surface area contributed by atoms with E-state index in [2.05, 4.69) is 4.90 Å². The summed E-state index contributed by atoms with van der Waals surface area (Å²) in [6.07, 6.45) is 8.99. The predicted octanol–water partition coefficient (Wildman–Crippen LogP) is 1.12. The first-order valence-corrected chi connectivity index (χ1v) is 8.50. The molecule has 2 saturated heterocycles. The fourth-order valence-electron chi connectivity index (χ4n) is 4.11. The Bertz CT molecular complexity index is 402. The van der Waals surface area contributed by atoms with Gasteiger partial charge in [0.05, 0.1) is 12.1 Å². The third-order valence-electron chi connectivity index (χ3n) is 5.49. The average molecular weight is 293 g/mol. The van der Waals surface area contributed by atoms with Crippen molar-refractivity contribution in [3.63, 3.8) is 0 Å². The maximum atomic E-state index is 12.6. The maximum Gasteiger partial charge on any atom is 0.239 e. The zero-order chi connectivity index (χ0) is 14.8. The van der Waals surface area contributed by atoms with Gasteiger partial charge in [0, 0.05) is 19.6 Å². The van der Waals surface area contributed by atoms with Crippen molar-refractivity contribution >= 4 is 11.8 Å². The molecular weight excluding hydrogens is 266 g/mol. The van der Waals surface area contributed by atoms with E-state index in [1.165, 1.54) is 32.1 Å². The summed E-state index contributed by atoms with van der Waals surface area (Å²) >= 11 is 0. The van der Waals surface area contributed by atoms with Gasteiger partial charge < -0.3 is 10.6 Å². The van der Waals surface area contributed by atoms with E-state index in [1.54, 1.807) is 0 Å². The van der Waals surface area contributed by atoms with Crippen LogP contribution in [0.15, 0.2) is 0 Å². The molecule has 2 amide bonds. The highest BCUT2D eigenvalue weighted by Crippen LogP contribution is 2.31. The summed E-state index contributed by atoms with van der Waals surface area (Å²) in [5.74, 6) is 0.593. The molecule has 118 valence electrons. The predicted molar refractivity (Wildman–Crippen MR) is 80.5 cm³/mol. The van der Waals surface area contributed by atoms with Gasteiger partial charge in [0.2, 0.25) is 11.8 Å². The first-order valence-electron chi connectivity index (χ1n) is 8.50. The van der Waals surface area contributed by atoms with E-state index in [9.17, 15) is 9.59 Å². The lowest BCUT2D eigenvalue weighted by Crippen LogP contribution is -2.54. The summed E-state index contributed by atoms with van der Waals surface area (Å²) in [6, 6.07) is -0.341. The van der Waals surface area contributed by atoms with Crippen molar-refractivity contribution in [1.29, 1.82) is 0 Å². The SMILES string of the molecule is NC(=O)C1CC[C@@H](C(=O)N2CCC2)N1CC1CCCCC1. The zero-order valence-electron chi connectivity index (χ0n) is 12.8. The Hall–Kier alpha value is -1.10. The van der Waals surface area contributed by atoms with Crippen LogP contribution in [0.3, 0.4) is 0 Å². The van der Waals surface area contributed by atoms with Crippen LogP contribution in [0, 0.1) is 5.92 Å². The molecule has 21 heavy (non-hydrogen) atoms. The third-order valence-corrected chi connectivity index (χ3v) is 5.49. The second kappa shape index (κ2) is 6.34. The van der Waals surface area contributed by atoms with E-state index in [-0.39, 0.29) is 23.9 Å². The second-order valence-corrected chi connectivity index (χ2v) is 6.89. The monoisotopic (exact) mass is 293 g/mol. The van der Waals surface area contributed by atoms with Crippen LogP contribution in [0.25, 0.3) is 0 Å². The molecule has 2 aliphatic heterocycles. The summed E-state index contributed by atoms with van der Waals surface area (Å²) in [6.45, 7) is 2.64. The molecule has 1 aliphatic carbocycles. The van der Waals surface area contributed by atoms with E-state index < -0.39 is 0 Å². The van der Waals surface area contributed by atoms with Crippen molar-refractivity contribution in [1.82, 2.24) is 9.80 Å². The fraction of sp³-hybridized carbons (Fsp3) is 0.875. The Morgan fingerprint density at radius 1 is 0.905 bits per heavy atom. The molecule has 2 atom stereocenters. The number of rotatable bonds is 4. The minimum absolute atomic E-state index is 0.107. The molecule has 2 heterocycles. The largest absolute Gasteiger partial charge is 0.368 e. The lowest BCUT2D eigenvalue weighted by atomic mass is 9.88. The van der Waals surface area contributed by atoms with Gasteiger partial charge in [0.1, 0.15) is 0 Å². The number of nitrogens with two attached hydrogens (primary N) is 1. The lowest BCUT2D eigenvalue weighted by Gasteiger charge is -2.38. The Balaban J connectivity index is 1.68. The van der Waals surface area contributed by atoms with E-state index >= 15 is 0 Å². The summed E-state index contributed by atoms with van der Waals surface area (Å²) in [7, 11) is 0. The molecule has 1 unspecified atom stereocenters. The zero-order valence-corrected chi connectivity index (χ0v) is 12.8. The topological polar surface area (TPSA) is 66.6 Å². The molecule has 3 fully saturated rings. The van der Waals surface area contributed by atoms with Crippen LogP contribution in [-0.2, 0) is 9.59 Å². The van der Waals surface area contributed by atoms with Crippen LogP contribution in [-0.4, -0.2) is 53.3 Å². The molecule has 3 aliphatic rings. The summed E-state index contributed by atoms with van der Waals surface area (Å²) in [4.78, 5) is 28.4. The molecule has 0 aromatic heterocycles. The standard InChI is InChI=1S/C16H27N3O2/c17-15(20)13-7-8-14(16(21)18-9-4-10-18)19(13)11-12-5-2-1-3-6-12/h12-14H,1-11H2,(H2,17,20)/t13?,14-/m0/s1. The summed E-state index contributed by atoms with van der Waals surface area (Å²) < 4.78 is 0. The average Bonchev–Trinajstić information content (AvgIpc) is 2.81. The molecule has 3 rings (SSSR count). The van der Waals surface area contributed by atoms with Gasteiger partial charge in [-0.1, -0.05) is 19.3 Å². The van der Waals surface area contributed by atoms with Gasteiger partial charge in [-0.2, -0.15) is 0 Å².